The van der Waals surface area contributed by atoms with E-state index >= 15 is 0 Å². The van der Waals surface area contributed by atoms with Gasteiger partial charge in [-0.1, -0.05) is 36.4 Å². The smallest absolute Gasteiger partial charge is 0.260 e. The number of hydrogen-bond acceptors (Lipinski definition) is 5. The summed E-state index contributed by atoms with van der Waals surface area (Å²) in [6.45, 7) is 1.48. The molecule has 0 radical (unpaired) electrons. The van der Waals surface area contributed by atoms with Gasteiger partial charge in [-0.25, -0.2) is 4.98 Å². The van der Waals surface area contributed by atoms with Gasteiger partial charge in [-0.3, -0.25) is 9.59 Å². The number of amides is 1. The van der Waals surface area contributed by atoms with Crippen molar-refractivity contribution in [2.24, 2.45) is 0 Å². The van der Waals surface area contributed by atoms with E-state index < -0.39 is 0 Å². The zero-order chi connectivity index (χ0) is 20.5. The van der Waals surface area contributed by atoms with Crippen LogP contribution >= 0.6 is 22.7 Å². The van der Waals surface area contributed by atoms with Gasteiger partial charge in [0.1, 0.15) is 10.7 Å². The van der Waals surface area contributed by atoms with Crippen LogP contribution in [0, 0.1) is 0 Å². The molecule has 1 fully saturated rings. The normalized spacial score (nSPS) is 14.5. The van der Waals surface area contributed by atoms with E-state index in [1.807, 2.05) is 64.2 Å². The molecule has 3 aromatic heterocycles. The molecule has 5 rings (SSSR count). The maximum Gasteiger partial charge on any atom is 0.260 e. The summed E-state index contributed by atoms with van der Waals surface area (Å²) in [4.78, 5) is 37.4. The first kappa shape index (κ1) is 19.0. The van der Waals surface area contributed by atoms with Gasteiger partial charge in [-0.15, -0.1) is 22.7 Å². The van der Waals surface area contributed by atoms with Crippen molar-refractivity contribution in [2.75, 3.05) is 13.1 Å². The van der Waals surface area contributed by atoms with E-state index in [0.29, 0.717) is 21.6 Å². The van der Waals surface area contributed by atoms with Crippen LogP contribution in [-0.2, 0) is 4.79 Å². The Morgan fingerprint density at radius 2 is 1.87 bits per heavy atom. The topological polar surface area (TPSA) is 66.1 Å². The predicted molar refractivity (Wildman–Crippen MR) is 124 cm³/mol. The fourth-order valence-corrected chi connectivity index (χ4v) is 5.35. The summed E-state index contributed by atoms with van der Waals surface area (Å²) in [5.74, 6) is 0.252. The van der Waals surface area contributed by atoms with Gasteiger partial charge in [0.25, 0.3) is 11.5 Å². The van der Waals surface area contributed by atoms with Crippen LogP contribution in [0.2, 0.25) is 0 Å². The van der Waals surface area contributed by atoms with E-state index in [1.165, 1.54) is 11.3 Å². The standard InChI is InChI=1S/C23H19N3O2S2/c27-21-19-18(15-7-2-1-3-8-15)14-30-22(19)25-20(24-21)17(13-16-9-6-12-29-16)23(28)26-10-4-5-11-26/h1-3,6-9,12-14H,4-5,10-11H2,(H,24,25,27)/b17-13+. The van der Waals surface area contributed by atoms with Crippen LogP contribution in [0.1, 0.15) is 23.5 Å². The monoisotopic (exact) mass is 433 g/mol. The minimum Gasteiger partial charge on any atom is -0.339 e. The molecule has 7 heteroatoms. The van der Waals surface area contributed by atoms with Crippen LogP contribution in [0.4, 0.5) is 0 Å². The molecule has 1 amide bonds. The fraction of sp³-hybridized carbons (Fsp3) is 0.174. The van der Waals surface area contributed by atoms with Gasteiger partial charge in [0, 0.05) is 28.9 Å². The first-order valence-corrected chi connectivity index (χ1v) is 11.6. The maximum atomic E-state index is 13.2. The van der Waals surface area contributed by atoms with Gasteiger partial charge >= 0.3 is 0 Å². The van der Waals surface area contributed by atoms with Gasteiger partial charge in [0.15, 0.2) is 0 Å². The second-order valence-corrected chi connectivity index (χ2v) is 9.02. The number of H-pyrrole nitrogens is 1. The number of benzene rings is 1. The number of aromatic amines is 1. The van der Waals surface area contributed by atoms with E-state index in [9.17, 15) is 9.59 Å². The molecular formula is C23H19N3O2S2. The molecule has 4 aromatic rings. The highest BCUT2D eigenvalue weighted by molar-refractivity contribution is 7.17. The molecule has 1 aliphatic heterocycles. The third-order valence-corrected chi connectivity index (χ3v) is 6.93. The number of nitrogens with one attached hydrogen (secondary N) is 1. The van der Waals surface area contributed by atoms with Crippen molar-refractivity contribution in [3.05, 3.63) is 74.3 Å². The Hall–Kier alpha value is -3.03. The summed E-state index contributed by atoms with van der Waals surface area (Å²) in [5, 5.41) is 4.49. The molecule has 4 heterocycles. The van der Waals surface area contributed by atoms with Gasteiger partial charge < -0.3 is 9.88 Å². The SMILES string of the molecule is O=C(/C(=C/c1cccs1)c1nc2scc(-c3ccccc3)c2c(=O)[nH]1)N1CCCC1. The average molecular weight is 434 g/mol. The molecular weight excluding hydrogens is 414 g/mol. The van der Waals surface area contributed by atoms with Gasteiger partial charge in [0.05, 0.1) is 11.0 Å². The average Bonchev–Trinajstić information content (AvgIpc) is 3.54. The van der Waals surface area contributed by atoms with Crippen LogP contribution in [0.15, 0.2) is 58.0 Å². The Balaban J connectivity index is 1.64. The molecule has 30 heavy (non-hydrogen) atoms. The molecule has 0 atom stereocenters. The van der Waals surface area contributed by atoms with E-state index in [4.69, 9.17) is 4.98 Å². The Kier molecular flexibility index (Phi) is 5.06. The summed E-state index contributed by atoms with van der Waals surface area (Å²) in [7, 11) is 0. The molecule has 5 nitrogen and oxygen atoms in total. The van der Waals surface area contributed by atoms with Crippen molar-refractivity contribution in [1.82, 2.24) is 14.9 Å². The minimum atomic E-state index is -0.221. The summed E-state index contributed by atoms with van der Waals surface area (Å²) in [5.41, 5.74) is 2.06. The number of rotatable bonds is 4. The molecule has 0 bridgehead atoms. The van der Waals surface area contributed by atoms with Crippen molar-refractivity contribution >= 4 is 50.4 Å². The minimum absolute atomic E-state index is 0.0803. The molecule has 0 saturated carbocycles. The number of thiophene rings is 2. The molecule has 1 aliphatic rings. The maximum absolute atomic E-state index is 13.2. The van der Waals surface area contributed by atoms with Crippen LogP contribution in [0.25, 0.3) is 33.0 Å². The first-order valence-electron chi connectivity index (χ1n) is 9.82. The molecule has 150 valence electrons. The highest BCUT2D eigenvalue weighted by atomic mass is 32.1. The van der Waals surface area contributed by atoms with Crippen LogP contribution in [0.5, 0.6) is 0 Å². The van der Waals surface area contributed by atoms with Crippen molar-refractivity contribution in [3.8, 4) is 11.1 Å². The number of aromatic nitrogens is 2. The summed E-state index contributed by atoms with van der Waals surface area (Å²) in [6, 6.07) is 13.7. The van der Waals surface area contributed by atoms with Crippen LogP contribution in [0.3, 0.4) is 0 Å². The third kappa shape index (κ3) is 3.51. The second-order valence-electron chi connectivity index (χ2n) is 7.18. The van der Waals surface area contributed by atoms with Crippen molar-refractivity contribution in [3.63, 3.8) is 0 Å². The zero-order valence-corrected chi connectivity index (χ0v) is 17.8. The fourth-order valence-electron chi connectivity index (χ4n) is 3.74. The first-order chi connectivity index (χ1) is 14.7. The van der Waals surface area contributed by atoms with E-state index in [-0.39, 0.29) is 11.5 Å². The molecule has 0 spiro atoms. The highest BCUT2D eigenvalue weighted by Crippen LogP contribution is 2.31. The van der Waals surface area contributed by atoms with Crippen LogP contribution in [-0.4, -0.2) is 33.9 Å². The Labute approximate surface area is 181 Å². The summed E-state index contributed by atoms with van der Waals surface area (Å²) in [6.07, 6.45) is 3.85. The number of nitrogens with zero attached hydrogens (tertiary/aromatic N) is 2. The molecule has 1 saturated heterocycles. The lowest BCUT2D eigenvalue weighted by Gasteiger charge is -2.17. The highest BCUT2D eigenvalue weighted by Gasteiger charge is 2.25. The lowest BCUT2D eigenvalue weighted by molar-refractivity contribution is -0.123. The largest absolute Gasteiger partial charge is 0.339 e. The van der Waals surface area contributed by atoms with Crippen molar-refractivity contribution in [2.45, 2.75) is 12.8 Å². The predicted octanol–water partition coefficient (Wildman–Crippen LogP) is 4.88. The molecule has 0 unspecified atom stereocenters. The number of carbonyl (C=O) groups is 1. The number of carbonyl (C=O) groups excluding carboxylic acids is 1. The van der Waals surface area contributed by atoms with Gasteiger partial charge in [-0.2, -0.15) is 0 Å². The molecule has 0 aliphatic carbocycles. The quantitative estimate of drug-likeness (QED) is 0.467. The van der Waals surface area contributed by atoms with E-state index in [1.54, 1.807) is 11.3 Å². The molecule has 1 N–H and O–H groups in total. The lowest BCUT2D eigenvalue weighted by Crippen LogP contribution is -2.29. The lowest BCUT2D eigenvalue weighted by atomic mass is 10.1. The third-order valence-electron chi connectivity index (χ3n) is 5.24. The number of hydrogen-bond donors (Lipinski definition) is 1. The van der Waals surface area contributed by atoms with E-state index in [0.717, 1.165) is 41.9 Å². The Morgan fingerprint density at radius 1 is 1.07 bits per heavy atom. The van der Waals surface area contributed by atoms with Crippen molar-refractivity contribution in [1.29, 1.82) is 0 Å². The zero-order valence-electron chi connectivity index (χ0n) is 16.1. The Bertz CT molecular complexity index is 1280. The Morgan fingerprint density at radius 3 is 2.60 bits per heavy atom. The second kappa shape index (κ2) is 8.01. The van der Waals surface area contributed by atoms with Crippen LogP contribution < -0.4 is 5.56 Å². The summed E-state index contributed by atoms with van der Waals surface area (Å²) < 4.78 is 0. The summed E-state index contributed by atoms with van der Waals surface area (Å²) >= 11 is 2.98. The number of likely N-dealkylation sites (tertiary alicyclic amines) is 1. The van der Waals surface area contributed by atoms with Gasteiger partial charge in [0.2, 0.25) is 0 Å². The van der Waals surface area contributed by atoms with Crippen molar-refractivity contribution < 1.29 is 4.79 Å². The van der Waals surface area contributed by atoms with E-state index in [2.05, 4.69) is 4.98 Å². The van der Waals surface area contributed by atoms with Gasteiger partial charge in [-0.05, 0) is 35.9 Å². The number of fused-ring (bicyclic) bond motifs is 1. The molecule has 1 aromatic carbocycles.